The third kappa shape index (κ3) is 4.05. The first-order chi connectivity index (χ1) is 14.1. The Morgan fingerprint density at radius 1 is 1.00 bits per heavy atom. The lowest BCUT2D eigenvalue weighted by molar-refractivity contribution is -0.151. The first-order valence-corrected chi connectivity index (χ1v) is 8.71. The summed E-state index contributed by atoms with van der Waals surface area (Å²) >= 11 is 0. The van der Waals surface area contributed by atoms with Crippen LogP contribution in [0.15, 0.2) is 48.5 Å². The van der Waals surface area contributed by atoms with E-state index in [2.05, 4.69) is 9.72 Å². The first kappa shape index (κ1) is 21.1. The van der Waals surface area contributed by atoms with Crippen molar-refractivity contribution in [1.82, 2.24) is 4.98 Å². The van der Waals surface area contributed by atoms with Gasteiger partial charge in [-0.05, 0) is 18.2 Å². The Kier molecular flexibility index (Phi) is 5.64. The highest BCUT2D eigenvalue weighted by Crippen LogP contribution is 2.32. The molecule has 0 saturated carbocycles. The third-order valence-corrected chi connectivity index (χ3v) is 4.44. The van der Waals surface area contributed by atoms with Crippen molar-refractivity contribution in [1.29, 1.82) is 0 Å². The molecule has 9 heteroatoms. The smallest absolute Gasteiger partial charge is 0.416 e. The Balaban J connectivity index is 2.00. The second kappa shape index (κ2) is 8.02. The number of ether oxygens (including phenoxy) is 2. The van der Waals surface area contributed by atoms with Crippen molar-refractivity contribution in [3.05, 3.63) is 70.9 Å². The number of aromatic nitrogens is 1. The van der Waals surface area contributed by atoms with Crippen molar-refractivity contribution in [2.75, 3.05) is 7.11 Å². The summed E-state index contributed by atoms with van der Waals surface area (Å²) in [6.45, 7) is 1.26. The molecule has 0 bridgehead atoms. The molecule has 0 spiro atoms. The fraction of sp³-hybridized carbons (Fsp3) is 0.190. The van der Waals surface area contributed by atoms with Crippen LogP contribution in [0.2, 0.25) is 0 Å². The summed E-state index contributed by atoms with van der Waals surface area (Å²) < 4.78 is 48.3. The number of carbonyl (C=O) groups excluding carboxylic acids is 3. The number of H-pyrrole nitrogens is 1. The van der Waals surface area contributed by atoms with Gasteiger partial charge in [0, 0.05) is 23.4 Å². The molecule has 0 aliphatic rings. The van der Waals surface area contributed by atoms with E-state index >= 15 is 0 Å². The number of aromatic amines is 1. The van der Waals surface area contributed by atoms with Gasteiger partial charge in [-0.1, -0.05) is 30.3 Å². The van der Waals surface area contributed by atoms with Crippen LogP contribution in [0.1, 0.15) is 45.0 Å². The number of hydrogen-bond acceptors (Lipinski definition) is 5. The highest BCUT2D eigenvalue weighted by molar-refractivity contribution is 6.14. The Hall–Kier alpha value is -3.62. The first-order valence-electron chi connectivity index (χ1n) is 8.71. The molecule has 0 amide bonds. The largest absolute Gasteiger partial charge is 0.466 e. The molecule has 0 aliphatic heterocycles. The SMILES string of the molecule is COC(=O)C(OC(=O)c1c(C(C)=O)[nH]c2ccccc12)c1ccc(C(F)(F)F)cc1. The number of nitrogens with one attached hydrogen (secondary N) is 1. The van der Waals surface area contributed by atoms with Gasteiger partial charge in [-0.15, -0.1) is 0 Å². The molecule has 1 aromatic heterocycles. The van der Waals surface area contributed by atoms with Gasteiger partial charge in [0.1, 0.15) is 0 Å². The number of rotatable bonds is 5. The summed E-state index contributed by atoms with van der Waals surface area (Å²) in [7, 11) is 1.06. The molecule has 0 fully saturated rings. The molecular weight excluding hydrogens is 403 g/mol. The van der Waals surface area contributed by atoms with E-state index in [1.165, 1.54) is 6.92 Å². The standard InChI is InChI=1S/C21H16F3NO5/c1-11(26)17-16(14-5-3-4-6-15(14)25-17)19(27)30-18(20(28)29-2)12-7-9-13(10-8-12)21(22,23)24/h3-10,18,25H,1-2H3. The van der Waals surface area contributed by atoms with Gasteiger partial charge in [0.25, 0.3) is 0 Å². The molecule has 0 radical (unpaired) electrons. The molecule has 2 aromatic carbocycles. The molecule has 0 aliphatic carbocycles. The van der Waals surface area contributed by atoms with Gasteiger partial charge in [-0.3, -0.25) is 4.79 Å². The molecular formula is C21H16F3NO5. The maximum atomic E-state index is 12.9. The molecule has 3 aromatic rings. The lowest BCUT2D eigenvalue weighted by Crippen LogP contribution is -2.22. The molecule has 6 nitrogen and oxygen atoms in total. The number of alkyl halides is 3. The monoisotopic (exact) mass is 419 g/mol. The van der Waals surface area contributed by atoms with Crippen molar-refractivity contribution in [2.24, 2.45) is 0 Å². The molecule has 3 rings (SSSR count). The maximum absolute atomic E-state index is 12.9. The van der Waals surface area contributed by atoms with Gasteiger partial charge in [0.2, 0.25) is 6.10 Å². The third-order valence-electron chi connectivity index (χ3n) is 4.44. The van der Waals surface area contributed by atoms with Crippen LogP contribution in [-0.4, -0.2) is 29.8 Å². The average molecular weight is 419 g/mol. The quantitative estimate of drug-likeness (QED) is 0.488. The van der Waals surface area contributed by atoms with Crippen molar-refractivity contribution in [3.8, 4) is 0 Å². The Morgan fingerprint density at radius 2 is 1.63 bits per heavy atom. The van der Waals surface area contributed by atoms with E-state index in [9.17, 15) is 27.6 Å². The van der Waals surface area contributed by atoms with Gasteiger partial charge < -0.3 is 14.5 Å². The Labute approximate surface area is 168 Å². The number of halogens is 3. The van der Waals surface area contributed by atoms with E-state index in [4.69, 9.17) is 4.74 Å². The second-order valence-corrected chi connectivity index (χ2v) is 6.41. The van der Waals surface area contributed by atoms with Crippen LogP contribution in [0.25, 0.3) is 10.9 Å². The highest BCUT2D eigenvalue weighted by Gasteiger charge is 2.33. The molecule has 156 valence electrons. The van der Waals surface area contributed by atoms with Crippen LogP contribution in [-0.2, 0) is 20.4 Å². The molecule has 1 heterocycles. The molecule has 1 N–H and O–H groups in total. The Bertz CT molecular complexity index is 1120. The number of para-hydroxylation sites is 1. The minimum Gasteiger partial charge on any atom is -0.466 e. The van der Waals surface area contributed by atoms with Crippen LogP contribution in [0.3, 0.4) is 0 Å². The number of Topliss-reactive ketones (excluding diaryl/α,β-unsaturated/α-hetero) is 1. The zero-order valence-corrected chi connectivity index (χ0v) is 15.9. The van der Waals surface area contributed by atoms with Crippen molar-refractivity contribution in [3.63, 3.8) is 0 Å². The number of carbonyl (C=O) groups is 3. The predicted octanol–water partition coefficient (Wildman–Crippen LogP) is 4.46. The van der Waals surface area contributed by atoms with Gasteiger partial charge in [0.15, 0.2) is 5.78 Å². The summed E-state index contributed by atoms with van der Waals surface area (Å²) in [5.41, 5.74) is -0.487. The maximum Gasteiger partial charge on any atom is 0.416 e. The number of benzene rings is 2. The summed E-state index contributed by atoms with van der Waals surface area (Å²) in [4.78, 5) is 39.9. The van der Waals surface area contributed by atoms with Gasteiger partial charge in [-0.25, -0.2) is 9.59 Å². The lowest BCUT2D eigenvalue weighted by atomic mass is 10.1. The van der Waals surface area contributed by atoms with Crippen LogP contribution in [0.4, 0.5) is 13.2 Å². The number of hydrogen-bond donors (Lipinski definition) is 1. The number of methoxy groups -OCH3 is 1. The molecule has 1 unspecified atom stereocenters. The zero-order valence-electron chi connectivity index (χ0n) is 15.9. The van der Waals surface area contributed by atoms with E-state index < -0.39 is 35.6 Å². The number of fused-ring (bicyclic) bond motifs is 1. The summed E-state index contributed by atoms with van der Waals surface area (Å²) in [5.74, 6) is -2.40. The number of ketones is 1. The minimum atomic E-state index is -4.56. The topological polar surface area (TPSA) is 85.5 Å². The normalized spacial score (nSPS) is 12.4. The predicted molar refractivity (Wildman–Crippen MR) is 99.9 cm³/mol. The van der Waals surface area contributed by atoms with Crippen LogP contribution < -0.4 is 0 Å². The van der Waals surface area contributed by atoms with Crippen LogP contribution >= 0.6 is 0 Å². The Morgan fingerprint density at radius 3 is 2.20 bits per heavy atom. The summed E-state index contributed by atoms with van der Waals surface area (Å²) in [5, 5.41) is 0.406. The van der Waals surface area contributed by atoms with Crippen LogP contribution in [0, 0.1) is 0 Å². The molecule has 1 atom stereocenters. The minimum absolute atomic E-state index is 0.00256. The van der Waals surface area contributed by atoms with Crippen molar-refractivity contribution in [2.45, 2.75) is 19.2 Å². The lowest BCUT2D eigenvalue weighted by Gasteiger charge is -2.17. The fourth-order valence-electron chi connectivity index (χ4n) is 2.99. The highest BCUT2D eigenvalue weighted by atomic mass is 19.4. The molecule has 0 saturated heterocycles. The van der Waals surface area contributed by atoms with Crippen LogP contribution in [0.5, 0.6) is 0 Å². The average Bonchev–Trinajstić information content (AvgIpc) is 3.11. The van der Waals surface area contributed by atoms with Gasteiger partial charge >= 0.3 is 18.1 Å². The van der Waals surface area contributed by atoms with Crippen molar-refractivity contribution >= 4 is 28.6 Å². The van der Waals surface area contributed by atoms with E-state index in [0.717, 1.165) is 31.4 Å². The second-order valence-electron chi connectivity index (χ2n) is 6.41. The summed E-state index contributed by atoms with van der Waals surface area (Å²) in [6, 6.07) is 10.2. The van der Waals surface area contributed by atoms with E-state index in [1.54, 1.807) is 24.3 Å². The van der Waals surface area contributed by atoms with E-state index in [1.807, 2.05) is 0 Å². The number of esters is 2. The van der Waals surface area contributed by atoms with Crippen molar-refractivity contribution < 1.29 is 37.0 Å². The zero-order chi connectivity index (χ0) is 22.1. The van der Waals surface area contributed by atoms with Gasteiger partial charge in [0.05, 0.1) is 23.9 Å². The van der Waals surface area contributed by atoms with E-state index in [-0.39, 0.29) is 16.8 Å². The molecule has 30 heavy (non-hydrogen) atoms. The van der Waals surface area contributed by atoms with E-state index in [0.29, 0.717) is 10.9 Å². The summed E-state index contributed by atoms with van der Waals surface area (Å²) in [6.07, 6.45) is -6.17. The van der Waals surface area contributed by atoms with Gasteiger partial charge in [-0.2, -0.15) is 13.2 Å². The fourth-order valence-corrected chi connectivity index (χ4v) is 2.99.